The molecule has 1 heterocycles. The van der Waals surface area contributed by atoms with Crippen molar-refractivity contribution in [2.75, 3.05) is 30.3 Å². The number of nitrogens with one attached hydrogen (secondary N) is 2. The first kappa shape index (κ1) is 18.9. The Balaban J connectivity index is 1.84. The molecule has 0 bridgehead atoms. The second-order valence-corrected chi connectivity index (χ2v) is 6.16. The Bertz CT molecular complexity index is 627. The predicted octanol–water partition coefficient (Wildman–Crippen LogP) is 2.00. The van der Waals surface area contributed by atoms with Gasteiger partial charge in [0, 0.05) is 51.3 Å². The van der Waals surface area contributed by atoms with E-state index in [-0.39, 0.29) is 30.2 Å². The molecule has 2 N–H and O–H groups in total. The van der Waals surface area contributed by atoms with Crippen LogP contribution in [0.4, 0.5) is 11.4 Å². The highest BCUT2D eigenvalue weighted by Gasteiger charge is 2.21. The van der Waals surface area contributed by atoms with Crippen LogP contribution in [0.25, 0.3) is 0 Å². The highest BCUT2D eigenvalue weighted by Crippen LogP contribution is 2.16. The van der Waals surface area contributed by atoms with Gasteiger partial charge >= 0.3 is 0 Å². The minimum atomic E-state index is -0.182. The highest BCUT2D eigenvalue weighted by atomic mass is 16.5. The number of ether oxygens (including phenoxy) is 1. The van der Waals surface area contributed by atoms with Crippen molar-refractivity contribution in [3.05, 3.63) is 24.3 Å². The molecule has 7 heteroatoms. The van der Waals surface area contributed by atoms with Crippen molar-refractivity contribution in [2.24, 2.45) is 0 Å². The molecule has 1 aliphatic rings. The number of hydrogen-bond acceptors (Lipinski definition) is 4. The molecule has 25 heavy (non-hydrogen) atoms. The predicted molar refractivity (Wildman–Crippen MR) is 95.2 cm³/mol. The Morgan fingerprint density at radius 3 is 2.52 bits per heavy atom. The van der Waals surface area contributed by atoms with Crippen LogP contribution in [0.15, 0.2) is 24.3 Å². The van der Waals surface area contributed by atoms with Crippen molar-refractivity contribution in [1.29, 1.82) is 0 Å². The van der Waals surface area contributed by atoms with Gasteiger partial charge in [-0.15, -0.1) is 0 Å². The number of carbonyl (C=O) groups is 3. The fourth-order valence-corrected chi connectivity index (χ4v) is 2.75. The fraction of sp³-hybridized carbons (Fsp3) is 0.500. The van der Waals surface area contributed by atoms with Crippen molar-refractivity contribution in [1.82, 2.24) is 4.90 Å². The molecule has 0 aromatic heterocycles. The number of hydrogen-bond donors (Lipinski definition) is 2. The summed E-state index contributed by atoms with van der Waals surface area (Å²) in [5, 5.41) is 5.45. The minimum Gasteiger partial charge on any atom is -0.376 e. The summed E-state index contributed by atoms with van der Waals surface area (Å²) < 4.78 is 5.55. The molecule has 1 aromatic rings. The van der Waals surface area contributed by atoms with Crippen molar-refractivity contribution in [3.8, 4) is 0 Å². The number of anilines is 2. The maximum absolute atomic E-state index is 12.1. The fourth-order valence-electron chi connectivity index (χ4n) is 2.75. The summed E-state index contributed by atoms with van der Waals surface area (Å²) >= 11 is 0. The van der Waals surface area contributed by atoms with Crippen molar-refractivity contribution in [3.63, 3.8) is 0 Å². The first-order valence-electron chi connectivity index (χ1n) is 8.48. The van der Waals surface area contributed by atoms with E-state index >= 15 is 0 Å². The maximum Gasteiger partial charge on any atom is 0.226 e. The van der Waals surface area contributed by atoms with Gasteiger partial charge < -0.3 is 20.3 Å². The van der Waals surface area contributed by atoms with Crippen molar-refractivity contribution in [2.45, 2.75) is 39.2 Å². The Hall–Kier alpha value is -2.41. The van der Waals surface area contributed by atoms with Crippen LogP contribution in [-0.2, 0) is 19.1 Å². The molecule has 0 saturated carbocycles. The van der Waals surface area contributed by atoms with E-state index < -0.39 is 0 Å². The lowest BCUT2D eigenvalue weighted by Crippen LogP contribution is -2.37. The average molecular weight is 347 g/mol. The highest BCUT2D eigenvalue weighted by molar-refractivity contribution is 5.93. The standard InChI is InChI=1S/C18H25N3O4/c1-13(22)19-15-5-3-6-16(11-15)20-18(24)8-9-21(14(2)23)12-17-7-4-10-25-17/h3,5-6,11,17H,4,7-10,12H2,1-2H3,(H,19,22)(H,20,24). The zero-order valence-electron chi connectivity index (χ0n) is 14.7. The van der Waals surface area contributed by atoms with Gasteiger partial charge in [-0.05, 0) is 31.0 Å². The molecule has 1 fully saturated rings. The van der Waals surface area contributed by atoms with Gasteiger partial charge in [0.1, 0.15) is 0 Å². The van der Waals surface area contributed by atoms with Gasteiger partial charge in [-0.1, -0.05) is 6.07 Å². The van der Waals surface area contributed by atoms with Crippen molar-refractivity contribution >= 4 is 29.1 Å². The van der Waals surface area contributed by atoms with E-state index in [2.05, 4.69) is 10.6 Å². The van der Waals surface area contributed by atoms with Gasteiger partial charge in [0.2, 0.25) is 17.7 Å². The van der Waals surface area contributed by atoms with Crippen molar-refractivity contribution < 1.29 is 19.1 Å². The summed E-state index contributed by atoms with van der Waals surface area (Å²) in [6.07, 6.45) is 2.24. The largest absolute Gasteiger partial charge is 0.376 e. The van der Waals surface area contributed by atoms with E-state index in [1.807, 2.05) is 0 Å². The van der Waals surface area contributed by atoms with E-state index in [9.17, 15) is 14.4 Å². The lowest BCUT2D eigenvalue weighted by Gasteiger charge is -2.23. The Morgan fingerprint density at radius 2 is 1.92 bits per heavy atom. The van der Waals surface area contributed by atoms with E-state index in [0.29, 0.717) is 24.5 Å². The molecule has 1 atom stereocenters. The van der Waals surface area contributed by atoms with Gasteiger partial charge in [0.15, 0.2) is 0 Å². The van der Waals surface area contributed by atoms with Crippen LogP contribution in [0, 0.1) is 0 Å². The Kier molecular flexibility index (Phi) is 6.94. The third-order valence-electron chi connectivity index (χ3n) is 3.97. The average Bonchev–Trinajstić information content (AvgIpc) is 3.04. The maximum atomic E-state index is 12.1. The summed E-state index contributed by atoms with van der Waals surface area (Å²) in [5.74, 6) is -0.413. The number of nitrogens with zero attached hydrogens (tertiary/aromatic N) is 1. The van der Waals surface area contributed by atoms with E-state index in [1.165, 1.54) is 13.8 Å². The summed E-state index contributed by atoms with van der Waals surface area (Å²) in [6, 6.07) is 6.93. The van der Waals surface area contributed by atoms with Gasteiger partial charge in [-0.2, -0.15) is 0 Å². The smallest absolute Gasteiger partial charge is 0.226 e. The summed E-state index contributed by atoms with van der Waals surface area (Å²) in [4.78, 5) is 36.6. The molecule has 2 rings (SSSR count). The van der Waals surface area contributed by atoms with Gasteiger partial charge in [0.05, 0.1) is 6.10 Å². The van der Waals surface area contributed by atoms with E-state index in [4.69, 9.17) is 4.74 Å². The van der Waals surface area contributed by atoms with Gasteiger partial charge in [0.25, 0.3) is 0 Å². The van der Waals surface area contributed by atoms with Gasteiger partial charge in [-0.25, -0.2) is 0 Å². The number of benzene rings is 1. The van der Waals surface area contributed by atoms with Crippen LogP contribution in [0.2, 0.25) is 0 Å². The first-order valence-corrected chi connectivity index (χ1v) is 8.48. The van der Waals surface area contributed by atoms with Crippen LogP contribution in [0.3, 0.4) is 0 Å². The molecule has 1 unspecified atom stereocenters. The zero-order valence-corrected chi connectivity index (χ0v) is 14.7. The molecule has 0 spiro atoms. The van der Waals surface area contributed by atoms with E-state index in [0.717, 1.165) is 19.4 Å². The number of carbonyl (C=O) groups excluding carboxylic acids is 3. The van der Waals surface area contributed by atoms with Crippen LogP contribution in [0.5, 0.6) is 0 Å². The van der Waals surface area contributed by atoms with E-state index in [1.54, 1.807) is 29.2 Å². The molecule has 0 radical (unpaired) electrons. The summed E-state index contributed by atoms with van der Waals surface area (Å²) in [5.41, 5.74) is 1.22. The lowest BCUT2D eigenvalue weighted by atomic mass is 10.2. The molecule has 136 valence electrons. The third kappa shape index (κ3) is 6.54. The van der Waals surface area contributed by atoms with Gasteiger partial charge in [-0.3, -0.25) is 14.4 Å². The topological polar surface area (TPSA) is 87.7 Å². The molecule has 1 saturated heterocycles. The quantitative estimate of drug-likeness (QED) is 0.790. The van der Waals surface area contributed by atoms with Crippen LogP contribution in [-0.4, -0.2) is 48.4 Å². The Morgan fingerprint density at radius 1 is 1.20 bits per heavy atom. The number of rotatable bonds is 7. The molecule has 1 aromatic carbocycles. The summed E-state index contributed by atoms with van der Waals surface area (Å²) in [6.45, 7) is 4.55. The third-order valence-corrected chi connectivity index (χ3v) is 3.97. The van der Waals surface area contributed by atoms with Crippen LogP contribution >= 0.6 is 0 Å². The SMILES string of the molecule is CC(=O)Nc1cccc(NC(=O)CCN(CC2CCCO2)C(C)=O)c1. The molecular formula is C18H25N3O4. The Labute approximate surface area is 147 Å². The normalized spacial score (nSPS) is 16.3. The summed E-state index contributed by atoms with van der Waals surface area (Å²) in [7, 11) is 0. The number of amides is 3. The zero-order chi connectivity index (χ0) is 18.2. The lowest BCUT2D eigenvalue weighted by molar-refractivity contribution is -0.131. The first-order chi connectivity index (χ1) is 11.9. The van der Waals surface area contributed by atoms with Crippen LogP contribution < -0.4 is 10.6 Å². The molecule has 7 nitrogen and oxygen atoms in total. The minimum absolute atomic E-state index is 0.0593. The second kappa shape index (κ2) is 9.17. The second-order valence-electron chi connectivity index (χ2n) is 6.16. The van der Waals surface area contributed by atoms with Crippen LogP contribution in [0.1, 0.15) is 33.1 Å². The monoisotopic (exact) mass is 347 g/mol. The molecular weight excluding hydrogens is 322 g/mol. The molecule has 3 amide bonds. The molecule has 0 aliphatic carbocycles. The molecule has 1 aliphatic heterocycles.